The van der Waals surface area contributed by atoms with Gasteiger partial charge in [0.25, 0.3) is 11.4 Å². The molecule has 11 heteroatoms. The molecular weight excluding hydrogens is 448 g/mol. The molecule has 0 aromatic carbocycles. The van der Waals surface area contributed by atoms with Gasteiger partial charge >= 0.3 is 0 Å². The summed E-state index contributed by atoms with van der Waals surface area (Å²) >= 11 is 2.87. The van der Waals surface area contributed by atoms with Gasteiger partial charge in [-0.1, -0.05) is 11.2 Å². The summed E-state index contributed by atoms with van der Waals surface area (Å²) in [6.07, 6.45) is 4.70. The van der Waals surface area contributed by atoms with Gasteiger partial charge in [-0.3, -0.25) is 19.1 Å². The van der Waals surface area contributed by atoms with E-state index >= 15 is 0 Å². The number of fused-ring (bicyclic) bond motifs is 1. The number of carbonyl (C=O) groups is 1. The molecule has 0 spiro atoms. The summed E-state index contributed by atoms with van der Waals surface area (Å²) in [5.74, 6) is 0.498. The second-order valence-corrected chi connectivity index (χ2v) is 8.96. The molecule has 160 valence electrons. The smallest absolute Gasteiger partial charge is 0.268 e. The van der Waals surface area contributed by atoms with Crippen LogP contribution in [-0.2, 0) is 17.9 Å². The molecule has 0 unspecified atom stereocenters. The number of aryl methyl sites for hydroxylation is 1. The number of hydrogen-bond acceptors (Lipinski definition) is 9. The van der Waals surface area contributed by atoms with Gasteiger partial charge in [-0.15, -0.1) is 22.7 Å². The van der Waals surface area contributed by atoms with Crippen molar-refractivity contribution in [1.29, 1.82) is 0 Å². The van der Waals surface area contributed by atoms with Crippen molar-refractivity contribution < 1.29 is 9.32 Å². The zero-order chi connectivity index (χ0) is 22.1. The number of hydrogen-bond donors (Lipinski definition) is 1. The zero-order valence-electron chi connectivity index (χ0n) is 16.8. The molecule has 0 fully saturated rings. The van der Waals surface area contributed by atoms with E-state index in [1.54, 1.807) is 35.9 Å². The van der Waals surface area contributed by atoms with Crippen LogP contribution in [0.3, 0.4) is 0 Å². The van der Waals surface area contributed by atoms with E-state index < -0.39 is 0 Å². The highest BCUT2D eigenvalue weighted by molar-refractivity contribution is 7.22. The fourth-order valence-electron chi connectivity index (χ4n) is 3.22. The van der Waals surface area contributed by atoms with E-state index in [-0.39, 0.29) is 18.0 Å². The summed E-state index contributed by atoms with van der Waals surface area (Å²) in [5, 5.41) is 9.25. The van der Waals surface area contributed by atoms with E-state index in [0.717, 1.165) is 10.4 Å². The maximum absolute atomic E-state index is 13.1. The van der Waals surface area contributed by atoms with Gasteiger partial charge in [0.2, 0.25) is 11.7 Å². The van der Waals surface area contributed by atoms with Gasteiger partial charge in [0.05, 0.1) is 23.1 Å². The third kappa shape index (κ3) is 3.83. The van der Waals surface area contributed by atoms with Gasteiger partial charge < -0.3 is 9.84 Å². The van der Waals surface area contributed by atoms with Crippen LogP contribution in [0.1, 0.15) is 10.4 Å². The van der Waals surface area contributed by atoms with Crippen molar-refractivity contribution in [2.75, 3.05) is 0 Å². The predicted octanol–water partition coefficient (Wildman–Crippen LogP) is 3.26. The lowest BCUT2D eigenvalue weighted by atomic mass is 10.2. The average molecular weight is 465 g/mol. The Morgan fingerprint density at radius 2 is 2.09 bits per heavy atom. The van der Waals surface area contributed by atoms with Crippen LogP contribution in [-0.4, -0.2) is 30.6 Å². The third-order valence-corrected chi connectivity index (χ3v) is 6.89. The summed E-state index contributed by atoms with van der Waals surface area (Å²) in [6, 6.07) is 7.44. The molecule has 0 aliphatic rings. The lowest BCUT2D eigenvalue weighted by molar-refractivity contribution is -0.121. The predicted molar refractivity (Wildman–Crippen MR) is 121 cm³/mol. The molecule has 5 heterocycles. The SMILES string of the molecule is Cc1c(-c2nc(-c3ccncc3)no2)sc2ncn(CC(=O)NCc3cccs3)c(=O)c12. The quantitative estimate of drug-likeness (QED) is 0.410. The minimum Gasteiger partial charge on any atom is -0.350 e. The van der Waals surface area contributed by atoms with Crippen LogP contribution in [0.5, 0.6) is 0 Å². The van der Waals surface area contributed by atoms with Crippen LogP contribution in [0.25, 0.3) is 32.4 Å². The first-order chi connectivity index (χ1) is 15.6. The number of nitrogens with zero attached hydrogens (tertiary/aromatic N) is 5. The molecule has 0 radical (unpaired) electrons. The molecular formula is C21H16N6O3S2. The van der Waals surface area contributed by atoms with Gasteiger partial charge in [-0.2, -0.15) is 4.98 Å². The van der Waals surface area contributed by atoms with E-state index in [2.05, 4.69) is 25.4 Å². The second kappa shape index (κ2) is 8.44. The van der Waals surface area contributed by atoms with Crippen LogP contribution in [0, 0.1) is 6.92 Å². The van der Waals surface area contributed by atoms with Gasteiger partial charge in [0, 0.05) is 22.8 Å². The van der Waals surface area contributed by atoms with E-state index in [0.29, 0.717) is 38.9 Å². The molecule has 0 saturated carbocycles. The van der Waals surface area contributed by atoms with Gasteiger partial charge in [-0.25, -0.2) is 4.98 Å². The Labute approximate surface area is 189 Å². The van der Waals surface area contributed by atoms with Crippen molar-refractivity contribution in [1.82, 2.24) is 30.0 Å². The van der Waals surface area contributed by atoms with Crippen LogP contribution in [0.15, 0.2) is 57.7 Å². The number of thiophene rings is 2. The zero-order valence-corrected chi connectivity index (χ0v) is 18.4. The molecule has 0 aliphatic carbocycles. The Hall–Kier alpha value is -3.70. The van der Waals surface area contributed by atoms with Crippen LogP contribution in [0.4, 0.5) is 0 Å². The molecule has 0 bridgehead atoms. The van der Waals surface area contributed by atoms with Crippen molar-refractivity contribution in [3.05, 3.63) is 69.2 Å². The summed E-state index contributed by atoms with van der Waals surface area (Å²) in [6.45, 7) is 2.14. The summed E-state index contributed by atoms with van der Waals surface area (Å²) in [5.41, 5.74) is 1.19. The second-order valence-electron chi connectivity index (χ2n) is 6.93. The Bertz CT molecular complexity index is 1450. The van der Waals surface area contributed by atoms with Crippen molar-refractivity contribution in [2.24, 2.45) is 0 Å². The fraction of sp³-hybridized carbons (Fsp3) is 0.143. The van der Waals surface area contributed by atoms with Crippen LogP contribution < -0.4 is 10.9 Å². The number of aromatic nitrogens is 5. The normalized spacial score (nSPS) is 11.2. The minimum absolute atomic E-state index is 0.107. The third-order valence-electron chi connectivity index (χ3n) is 4.83. The molecule has 32 heavy (non-hydrogen) atoms. The van der Waals surface area contributed by atoms with Gasteiger partial charge in [0.1, 0.15) is 11.4 Å². The molecule has 5 aromatic rings. The summed E-state index contributed by atoms with van der Waals surface area (Å²) in [4.78, 5) is 40.5. The summed E-state index contributed by atoms with van der Waals surface area (Å²) in [7, 11) is 0. The largest absolute Gasteiger partial charge is 0.350 e. The standard InChI is InChI=1S/C21H16N6O3S2/c1-12-16-20(32-17(12)19-25-18(26-30-19)13-4-6-22-7-5-13)24-11-27(21(16)29)10-15(28)23-9-14-3-2-8-31-14/h2-8,11H,9-10H2,1H3,(H,23,28). The summed E-state index contributed by atoms with van der Waals surface area (Å²) < 4.78 is 6.76. The highest BCUT2D eigenvalue weighted by atomic mass is 32.1. The molecule has 5 rings (SSSR count). The van der Waals surface area contributed by atoms with Gasteiger partial charge in [0.15, 0.2) is 0 Å². The first kappa shape index (κ1) is 20.2. The molecule has 5 aromatic heterocycles. The minimum atomic E-state index is -0.282. The number of pyridine rings is 1. The fourth-order valence-corrected chi connectivity index (χ4v) is 4.92. The van der Waals surface area contributed by atoms with E-state index in [1.165, 1.54) is 22.2 Å². The van der Waals surface area contributed by atoms with Crippen LogP contribution >= 0.6 is 22.7 Å². The maximum Gasteiger partial charge on any atom is 0.268 e. The molecule has 1 N–H and O–H groups in total. The van der Waals surface area contributed by atoms with Crippen LogP contribution in [0.2, 0.25) is 0 Å². The Kier molecular flexibility index (Phi) is 5.33. The topological polar surface area (TPSA) is 116 Å². The molecule has 0 aliphatic heterocycles. The lowest BCUT2D eigenvalue weighted by Crippen LogP contribution is -2.32. The van der Waals surface area contributed by atoms with Crippen molar-refractivity contribution in [3.8, 4) is 22.2 Å². The van der Waals surface area contributed by atoms with Gasteiger partial charge in [-0.05, 0) is 36.1 Å². The molecule has 1 amide bonds. The highest BCUT2D eigenvalue weighted by Crippen LogP contribution is 2.35. The van der Waals surface area contributed by atoms with E-state index in [9.17, 15) is 9.59 Å². The van der Waals surface area contributed by atoms with Crippen molar-refractivity contribution in [2.45, 2.75) is 20.0 Å². The number of nitrogens with one attached hydrogen (secondary N) is 1. The Morgan fingerprint density at radius 1 is 1.25 bits per heavy atom. The lowest BCUT2D eigenvalue weighted by Gasteiger charge is -2.06. The van der Waals surface area contributed by atoms with E-state index in [1.807, 2.05) is 24.4 Å². The Balaban J connectivity index is 1.42. The average Bonchev–Trinajstić information content (AvgIpc) is 3.55. The van der Waals surface area contributed by atoms with E-state index in [4.69, 9.17) is 4.52 Å². The van der Waals surface area contributed by atoms with Crippen molar-refractivity contribution in [3.63, 3.8) is 0 Å². The molecule has 9 nitrogen and oxygen atoms in total. The highest BCUT2D eigenvalue weighted by Gasteiger charge is 2.21. The number of rotatable bonds is 6. The molecule has 0 saturated heterocycles. The maximum atomic E-state index is 13.1. The molecule has 0 atom stereocenters. The number of amides is 1. The van der Waals surface area contributed by atoms with Crippen molar-refractivity contribution >= 4 is 38.8 Å². The first-order valence-electron chi connectivity index (χ1n) is 9.62. The Morgan fingerprint density at radius 3 is 2.88 bits per heavy atom. The monoisotopic (exact) mass is 464 g/mol. The number of carbonyl (C=O) groups excluding carboxylic acids is 1. The first-order valence-corrected chi connectivity index (χ1v) is 11.3.